The Morgan fingerprint density at radius 3 is 1.32 bits per heavy atom. The lowest BCUT2D eigenvalue weighted by Crippen LogP contribution is -2.59. The molecule has 0 bridgehead atoms. The van der Waals surface area contributed by atoms with Crippen molar-refractivity contribution in [2.45, 2.75) is 188 Å². The molecule has 0 radical (unpaired) electrons. The third-order valence-electron chi connectivity index (χ3n) is 19.1. The van der Waals surface area contributed by atoms with E-state index in [2.05, 4.69) is 79.6 Å². The molecule has 2 aromatic carbocycles. The smallest absolute Gasteiger partial charge is 0.410 e. The molecule has 4 amide bonds. The van der Waals surface area contributed by atoms with E-state index in [1.807, 2.05) is 46.4 Å². The van der Waals surface area contributed by atoms with Crippen LogP contribution in [0.15, 0.2) is 36.4 Å². The van der Waals surface area contributed by atoms with E-state index in [1.165, 1.54) is 74.1 Å². The number of nitrogens with zero attached hydrogens (tertiary/aromatic N) is 6. The van der Waals surface area contributed by atoms with Crippen molar-refractivity contribution in [2.24, 2.45) is 10.8 Å². The number of rotatable bonds is 6. The van der Waals surface area contributed by atoms with Gasteiger partial charge in [-0.25, -0.2) is 9.59 Å². The van der Waals surface area contributed by atoms with Crippen LogP contribution in [0.4, 0.5) is 32.3 Å². The molecule has 14 nitrogen and oxygen atoms in total. The second kappa shape index (κ2) is 20.7. The predicted molar refractivity (Wildman–Crippen MR) is 293 cm³/mol. The van der Waals surface area contributed by atoms with Gasteiger partial charge in [-0.1, -0.05) is 0 Å². The van der Waals surface area contributed by atoms with Crippen molar-refractivity contribution >= 4 is 46.8 Å². The van der Waals surface area contributed by atoms with E-state index in [4.69, 9.17) is 9.47 Å². The lowest BCUT2D eigenvalue weighted by atomic mass is 9.71. The van der Waals surface area contributed by atoms with Gasteiger partial charge >= 0.3 is 12.2 Å². The van der Waals surface area contributed by atoms with Crippen LogP contribution in [0.3, 0.4) is 0 Å². The largest absolute Gasteiger partial charge is 0.444 e. The first kappa shape index (κ1) is 53.6. The van der Waals surface area contributed by atoms with Crippen LogP contribution in [0.25, 0.3) is 0 Å². The van der Waals surface area contributed by atoms with Gasteiger partial charge in [-0.15, -0.1) is 0 Å². The quantitative estimate of drug-likeness (QED) is 0.275. The van der Waals surface area contributed by atoms with Crippen molar-refractivity contribution < 1.29 is 28.7 Å². The molecule has 402 valence electrons. The molecule has 6 atom stereocenters. The van der Waals surface area contributed by atoms with E-state index in [-0.39, 0.29) is 34.8 Å². The summed E-state index contributed by atoms with van der Waals surface area (Å²) in [5.41, 5.74) is 5.65. The summed E-state index contributed by atoms with van der Waals surface area (Å²) in [4.78, 5) is 60.5. The van der Waals surface area contributed by atoms with Crippen LogP contribution < -0.4 is 29.4 Å². The Morgan fingerprint density at radius 1 is 0.562 bits per heavy atom. The first-order valence-corrected chi connectivity index (χ1v) is 28.6. The fourth-order valence-corrected chi connectivity index (χ4v) is 15.1. The highest BCUT2D eigenvalue weighted by molar-refractivity contribution is 6.01. The van der Waals surface area contributed by atoms with E-state index >= 15 is 0 Å². The van der Waals surface area contributed by atoms with Crippen LogP contribution >= 0.6 is 0 Å². The molecule has 0 saturated carbocycles. The molecule has 2 N–H and O–H groups in total. The van der Waals surface area contributed by atoms with E-state index in [9.17, 15) is 19.2 Å². The first-order chi connectivity index (χ1) is 34.6. The summed E-state index contributed by atoms with van der Waals surface area (Å²) in [5, 5.41) is 7.19. The first-order valence-electron chi connectivity index (χ1n) is 28.6. The maximum absolute atomic E-state index is 14.0. The van der Waals surface area contributed by atoms with Gasteiger partial charge in [0.15, 0.2) is 0 Å². The second-order valence-corrected chi connectivity index (χ2v) is 25.8. The Kier molecular flexibility index (Phi) is 15.2. The normalized spacial score (nSPS) is 30.3. The fraction of sp³-hybridized carbons (Fsp3) is 0.729. The SMILES string of the molecule is Cc1cc([N+]2(C3CCNC3)CCCC2C)ccc1N1CCC2(CCN(C(=O)OC(C)(C)C)CC2)C1=O.Cc1cc([N+]2([C@H]3CCNC3)CCC[C@@H]2C)ccc1N1CCCC2(CCN(C(=O)OC(C)(C)C)CC2)C1=O. The Balaban J connectivity index is 0.000000180. The van der Waals surface area contributed by atoms with Crippen molar-refractivity contribution in [1.29, 1.82) is 0 Å². The number of quaternary nitrogens is 2. The molecule has 2 spiro atoms. The zero-order valence-corrected chi connectivity index (χ0v) is 46.6. The molecule has 73 heavy (non-hydrogen) atoms. The van der Waals surface area contributed by atoms with Gasteiger partial charge in [-0.3, -0.25) is 18.6 Å². The third-order valence-corrected chi connectivity index (χ3v) is 19.1. The van der Waals surface area contributed by atoms with Gasteiger partial charge in [-0.05, 0) is 137 Å². The minimum atomic E-state index is -0.505. The summed E-state index contributed by atoms with van der Waals surface area (Å²) in [6, 6.07) is 16.4. The van der Waals surface area contributed by atoms with Gasteiger partial charge < -0.3 is 39.7 Å². The van der Waals surface area contributed by atoms with E-state index in [1.54, 1.807) is 9.80 Å². The fourth-order valence-electron chi connectivity index (χ4n) is 15.1. The van der Waals surface area contributed by atoms with Crippen LogP contribution in [0.1, 0.15) is 150 Å². The molecular weight excluding hydrogens is 917 g/mol. The number of carbonyl (C=O) groups is 4. The molecular formula is C59H92N8O6+2. The maximum atomic E-state index is 14.0. The summed E-state index contributed by atoms with van der Waals surface area (Å²) in [6.45, 7) is 31.3. The molecule has 8 saturated heterocycles. The Hall–Kier alpha value is -4.24. The van der Waals surface area contributed by atoms with Crippen molar-refractivity contribution in [1.82, 2.24) is 29.4 Å². The predicted octanol–water partition coefficient (Wildman–Crippen LogP) is 9.59. The number of nitrogens with one attached hydrogen (secondary N) is 2. The van der Waals surface area contributed by atoms with Gasteiger partial charge in [0.1, 0.15) is 34.7 Å². The van der Waals surface area contributed by atoms with Crippen LogP contribution in [0.2, 0.25) is 0 Å². The number of anilines is 2. The number of piperidine rings is 3. The van der Waals surface area contributed by atoms with Crippen LogP contribution in [0, 0.1) is 24.7 Å². The highest BCUT2D eigenvalue weighted by Gasteiger charge is 2.53. The molecule has 0 aromatic heterocycles. The molecule has 8 aliphatic heterocycles. The van der Waals surface area contributed by atoms with Crippen LogP contribution in [0.5, 0.6) is 0 Å². The molecule has 8 aliphatic rings. The zero-order valence-electron chi connectivity index (χ0n) is 46.6. The average Bonchev–Trinajstić information content (AvgIpc) is 4.21. The van der Waals surface area contributed by atoms with Crippen molar-refractivity contribution in [3.63, 3.8) is 0 Å². The number of aryl methyl sites for hydroxylation is 2. The minimum Gasteiger partial charge on any atom is -0.444 e. The highest BCUT2D eigenvalue weighted by Crippen LogP contribution is 2.48. The van der Waals surface area contributed by atoms with Gasteiger partial charge in [0.2, 0.25) is 11.8 Å². The van der Waals surface area contributed by atoms with Gasteiger partial charge in [0, 0.05) is 140 Å². The molecule has 0 aliphatic carbocycles. The molecule has 4 unspecified atom stereocenters. The van der Waals surface area contributed by atoms with Crippen molar-refractivity contribution in [2.75, 3.05) is 88.3 Å². The molecule has 2 aromatic rings. The number of benzene rings is 2. The highest BCUT2D eigenvalue weighted by atomic mass is 16.6. The number of hydrogen-bond acceptors (Lipinski definition) is 8. The molecule has 8 fully saturated rings. The van der Waals surface area contributed by atoms with Gasteiger partial charge in [-0.2, -0.15) is 0 Å². The topological polar surface area (TPSA) is 124 Å². The third kappa shape index (κ3) is 10.3. The lowest BCUT2D eigenvalue weighted by molar-refractivity contribution is -0.133. The van der Waals surface area contributed by atoms with E-state index in [0.29, 0.717) is 76.0 Å². The summed E-state index contributed by atoms with van der Waals surface area (Å²) in [7, 11) is 0. The van der Waals surface area contributed by atoms with Gasteiger partial charge in [0.05, 0.1) is 36.0 Å². The summed E-state index contributed by atoms with van der Waals surface area (Å²) < 4.78 is 13.3. The summed E-state index contributed by atoms with van der Waals surface area (Å²) in [6.07, 6.45) is 12.7. The molecule has 8 heterocycles. The van der Waals surface area contributed by atoms with E-state index < -0.39 is 11.2 Å². The van der Waals surface area contributed by atoms with Crippen molar-refractivity contribution in [3.8, 4) is 0 Å². The van der Waals surface area contributed by atoms with Crippen molar-refractivity contribution in [3.05, 3.63) is 47.5 Å². The monoisotopic (exact) mass is 1010 g/mol. The molecule has 14 heteroatoms. The van der Waals surface area contributed by atoms with Crippen LogP contribution in [-0.2, 0) is 19.1 Å². The second-order valence-electron chi connectivity index (χ2n) is 25.8. The number of ether oxygens (including phenoxy) is 2. The summed E-state index contributed by atoms with van der Waals surface area (Å²) in [5.74, 6) is 0.484. The molecule has 10 rings (SSSR count). The number of amides is 4. The standard InChI is InChI=1S/C30H47N4O3.C29H45N4O3/c1-22-20-24(34(19-6-8-23(34)2)25-11-15-31-21-25)9-10-26(22)33-16-7-12-30(27(33)35)13-17-32(18-14-30)28(36)37-29(3,4)5;1-21-19-23(33(18-6-7-22(33)2)24-10-14-30-20-24)8-9-25(21)32-17-13-29(26(32)34)11-15-31(16-12-29)27(35)36-28(3,4)5/h9-10,20,23,25,31H,6-8,11-19,21H2,1-5H3;8-9,19,22,24,30H,6-7,10-18,20H2,1-5H3/q2*+1/t23-,25-,34?;/m0./s1. The van der Waals surface area contributed by atoms with E-state index in [0.717, 1.165) is 78.9 Å². The number of likely N-dealkylation sites (tertiary alicyclic amines) is 4. The Morgan fingerprint density at radius 2 is 0.959 bits per heavy atom. The Bertz CT molecular complexity index is 2350. The minimum absolute atomic E-state index is 0.237. The average molecular weight is 1010 g/mol. The Labute approximate surface area is 438 Å². The van der Waals surface area contributed by atoms with Crippen LogP contribution in [-0.4, -0.2) is 148 Å². The number of hydrogen-bond donors (Lipinski definition) is 2. The zero-order chi connectivity index (χ0) is 52.1. The lowest BCUT2D eigenvalue weighted by Gasteiger charge is -2.47. The maximum Gasteiger partial charge on any atom is 0.410 e. The summed E-state index contributed by atoms with van der Waals surface area (Å²) >= 11 is 0. The van der Waals surface area contributed by atoms with Gasteiger partial charge in [0.25, 0.3) is 0 Å². The number of carbonyl (C=O) groups excluding carboxylic acids is 4.